The Morgan fingerprint density at radius 1 is 1.40 bits per heavy atom. The van der Waals surface area contributed by atoms with Gasteiger partial charge >= 0.3 is 0 Å². The molecule has 2 heterocycles. The van der Waals surface area contributed by atoms with E-state index in [1.807, 2.05) is 0 Å². The van der Waals surface area contributed by atoms with Gasteiger partial charge in [0.25, 0.3) is 0 Å². The van der Waals surface area contributed by atoms with E-state index in [9.17, 15) is 4.79 Å². The number of nitrogens with two attached hydrogens (primary N) is 1. The van der Waals surface area contributed by atoms with Crippen LogP contribution >= 0.6 is 23.1 Å². The number of thioether (sulfide) groups is 1. The Bertz CT molecular complexity index is 474. The van der Waals surface area contributed by atoms with Crippen LogP contribution in [0.1, 0.15) is 41.4 Å². The molecule has 1 aliphatic heterocycles. The quantitative estimate of drug-likeness (QED) is 0.902. The standard InChI is InChI=1S/C15H22N2OS2/c16-9-10-3-1-2-4-12(10)17-15(18)14-11-5-7-19-13(11)6-8-20-14/h5,7,10,12,14H,1-4,6,8-9,16H2,(H,17,18). The Morgan fingerprint density at radius 3 is 3.10 bits per heavy atom. The fraction of sp³-hybridized carbons (Fsp3) is 0.667. The lowest BCUT2D eigenvalue weighted by Gasteiger charge is -2.33. The van der Waals surface area contributed by atoms with E-state index >= 15 is 0 Å². The molecule has 3 unspecified atom stereocenters. The fourth-order valence-electron chi connectivity index (χ4n) is 3.30. The molecular formula is C15H22N2OS2. The van der Waals surface area contributed by atoms with Crippen LogP contribution in [0.5, 0.6) is 0 Å². The van der Waals surface area contributed by atoms with Gasteiger partial charge in [-0.15, -0.1) is 23.1 Å². The van der Waals surface area contributed by atoms with Gasteiger partial charge in [0.15, 0.2) is 0 Å². The molecule has 3 rings (SSSR count). The van der Waals surface area contributed by atoms with Crippen molar-refractivity contribution in [3.05, 3.63) is 21.9 Å². The van der Waals surface area contributed by atoms with Crippen LogP contribution in [0.2, 0.25) is 0 Å². The van der Waals surface area contributed by atoms with Crippen LogP contribution in [0.25, 0.3) is 0 Å². The second-order valence-corrected chi connectivity index (χ2v) is 7.91. The van der Waals surface area contributed by atoms with Crippen molar-refractivity contribution in [3.63, 3.8) is 0 Å². The Morgan fingerprint density at radius 2 is 2.25 bits per heavy atom. The van der Waals surface area contributed by atoms with Crippen LogP contribution in [0.3, 0.4) is 0 Å². The smallest absolute Gasteiger partial charge is 0.237 e. The van der Waals surface area contributed by atoms with E-state index in [2.05, 4.69) is 16.8 Å². The van der Waals surface area contributed by atoms with Gasteiger partial charge in [0.2, 0.25) is 5.91 Å². The number of hydrogen-bond acceptors (Lipinski definition) is 4. The lowest BCUT2D eigenvalue weighted by Crippen LogP contribution is -2.46. The van der Waals surface area contributed by atoms with Crippen molar-refractivity contribution in [2.75, 3.05) is 12.3 Å². The second-order valence-electron chi connectivity index (χ2n) is 5.70. The van der Waals surface area contributed by atoms with Gasteiger partial charge in [-0.1, -0.05) is 12.8 Å². The maximum atomic E-state index is 12.6. The largest absolute Gasteiger partial charge is 0.352 e. The van der Waals surface area contributed by atoms with Crippen molar-refractivity contribution in [2.45, 2.75) is 43.4 Å². The summed E-state index contributed by atoms with van der Waals surface area (Å²) in [6.45, 7) is 0.687. The zero-order valence-electron chi connectivity index (χ0n) is 11.6. The zero-order valence-corrected chi connectivity index (χ0v) is 13.3. The SMILES string of the molecule is NCC1CCCCC1NC(=O)C1SCCc2sccc21. The highest BCUT2D eigenvalue weighted by Crippen LogP contribution is 2.39. The van der Waals surface area contributed by atoms with Gasteiger partial charge in [0, 0.05) is 10.9 Å². The molecule has 1 amide bonds. The molecular weight excluding hydrogens is 288 g/mol. The van der Waals surface area contributed by atoms with E-state index in [4.69, 9.17) is 5.73 Å². The van der Waals surface area contributed by atoms with Gasteiger partial charge in [-0.05, 0) is 54.5 Å². The summed E-state index contributed by atoms with van der Waals surface area (Å²) in [6.07, 6.45) is 5.81. The summed E-state index contributed by atoms with van der Waals surface area (Å²) in [4.78, 5) is 14.0. The maximum Gasteiger partial charge on any atom is 0.237 e. The zero-order chi connectivity index (χ0) is 13.9. The van der Waals surface area contributed by atoms with E-state index < -0.39 is 0 Å². The molecule has 0 bridgehead atoms. The number of rotatable bonds is 3. The minimum absolute atomic E-state index is 0.00893. The van der Waals surface area contributed by atoms with Crippen LogP contribution in [0, 0.1) is 5.92 Å². The number of carbonyl (C=O) groups is 1. The van der Waals surface area contributed by atoms with Crippen molar-refractivity contribution >= 4 is 29.0 Å². The van der Waals surface area contributed by atoms with E-state index in [0.29, 0.717) is 12.5 Å². The number of amides is 1. The van der Waals surface area contributed by atoms with Crippen molar-refractivity contribution in [1.82, 2.24) is 5.32 Å². The highest BCUT2D eigenvalue weighted by molar-refractivity contribution is 8.00. The van der Waals surface area contributed by atoms with Gasteiger partial charge in [-0.25, -0.2) is 0 Å². The fourth-order valence-corrected chi connectivity index (χ4v) is 5.60. The van der Waals surface area contributed by atoms with E-state index in [-0.39, 0.29) is 17.2 Å². The third kappa shape index (κ3) is 2.90. The summed E-state index contributed by atoms with van der Waals surface area (Å²) in [5.74, 6) is 1.71. The lowest BCUT2D eigenvalue weighted by atomic mass is 9.84. The van der Waals surface area contributed by atoms with Crippen molar-refractivity contribution in [1.29, 1.82) is 0 Å². The molecule has 1 fully saturated rings. The van der Waals surface area contributed by atoms with Crippen LogP contribution in [0.15, 0.2) is 11.4 Å². The first kappa shape index (κ1) is 14.4. The van der Waals surface area contributed by atoms with E-state index in [1.165, 1.54) is 23.3 Å². The molecule has 3 N–H and O–H groups in total. The van der Waals surface area contributed by atoms with Crippen molar-refractivity contribution < 1.29 is 4.79 Å². The first-order chi connectivity index (χ1) is 9.79. The van der Waals surface area contributed by atoms with Crippen LogP contribution in [0.4, 0.5) is 0 Å². The molecule has 3 nitrogen and oxygen atoms in total. The molecule has 0 spiro atoms. The van der Waals surface area contributed by atoms with Gasteiger partial charge in [-0.2, -0.15) is 0 Å². The lowest BCUT2D eigenvalue weighted by molar-refractivity contribution is -0.122. The van der Waals surface area contributed by atoms with Crippen LogP contribution in [-0.2, 0) is 11.2 Å². The van der Waals surface area contributed by atoms with Gasteiger partial charge in [0.1, 0.15) is 5.25 Å². The van der Waals surface area contributed by atoms with Crippen molar-refractivity contribution in [3.8, 4) is 0 Å². The third-order valence-electron chi connectivity index (χ3n) is 4.45. The van der Waals surface area contributed by atoms with Gasteiger partial charge in [0.05, 0.1) is 0 Å². The van der Waals surface area contributed by atoms with Crippen LogP contribution < -0.4 is 11.1 Å². The molecule has 1 aromatic rings. The molecule has 0 saturated heterocycles. The Balaban J connectivity index is 1.68. The Kier molecular flexibility index (Phi) is 4.68. The number of thiophene rings is 1. The van der Waals surface area contributed by atoms with Crippen molar-refractivity contribution in [2.24, 2.45) is 11.7 Å². The number of aryl methyl sites for hydroxylation is 1. The van der Waals surface area contributed by atoms with Gasteiger partial charge in [-0.3, -0.25) is 4.79 Å². The summed E-state index contributed by atoms with van der Waals surface area (Å²) in [5.41, 5.74) is 7.09. The molecule has 1 aromatic heterocycles. The minimum Gasteiger partial charge on any atom is -0.352 e. The predicted molar refractivity (Wildman–Crippen MR) is 86.2 cm³/mol. The monoisotopic (exact) mass is 310 g/mol. The molecule has 1 saturated carbocycles. The normalized spacial score (nSPS) is 29.8. The molecule has 0 aromatic carbocycles. The number of carbonyl (C=O) groups excluding carboxylic acids is 1. The van der Waals surface area contributed by atoms with E-state index in [0.717, 1.165) is 25.0 Å². The minimum atomic E-state index is -0.00893. The van der Waals surface area contributed by atoms with Gasteiger partial charge < -0.3 is 11.1 Å². The third-order valence-corrected chi connectivity index (χ3v) is 6.69. The number of nitrogens with one attached hydrogen (secondary N) is 1. The average Bonchev–Trinajstić information content (AvgIpc) is 2.96. The summed E-state index contributed by atoms with van der Waals surface area (Å²) in [5, 5.41) is 5.39. The molecule has 2 aliphatic rings. The summed E-state index contributed by atoms with van der Waals surface area (Å²) < 4.78 is 0. The van der Waals surface area contributed by atoms with Crippen LogP contribution in [-0.4, -0.2) is 24.2 Å². The predicted octanol–water partition coefficient (Wildman–Crippen LogP) is 2.71. The topological polar surface area (TPSA) is 55.1 Å². The molecule has 20 heavy (non-hydrogen) atoms. The number of fused-ring (bicyclic) bond motifs is 1. The summed E-state index contributed by atoms with van der Waals surface area (Å²) in [7, 11) is 0. The molecule has 5 heteroatoms. The first-order valence-electron chi connectivity index (χ1n) is 7.48. The molecule has 1 aliphatic carbocycles. The molecule has 0 radical (unpaired) electrons. The Hall–Kier alpha value is -0.520. The Labute approximate surface area is 128 Å². The number of hydrogen-bond donors (Lipinski definition) is 2. The summed E-state index contributed by atoms with van der Waals surface area (Å²) in [6, 6.07) is 2.41. The first-order valence-corrected chi connectivity index (χ1v) is 9.40. The molecule has 3 atom stereocenters. The average molecular weight is 310 g/mol. The maximum absolute atomic E-state index is 12.6. The molecule has 110 valence electrons. The highest BCUT2D eigenvalue weighted by atomic mass is 32.2. The summed E-state index contributed by atoms with van der Waals surface area (Å²) >= 11 is 3.56. The second kappa shape index (κ2) is 6.50. The highest BCUT2D eigenvalue weighted by Gasteiger charge is 2.32. The van der Waals surface area contributed by atoms with E-state index in [1.54, 1.807) is 23.1 Å².